The van der Waals surface area contributed by atoms with Crippen LogP contribution in [0.15, 0.2) is 12.4 Å². The van der Waals surface area contributed by atoms with Crippen LogP contribution >= 0.6 is 0 Å². The molecule has 0 unspecified atom stereocenters. The summed E-state index contributed by atoms with van der Waals surface area (Å²) in [5.74, 6) is 0. The van der Waals surface area contributed by atoms with Gasteiger partial charge < -0.3 is 0 Å². The Morgan fingerprint density at radius 1 is 1.18 bits per heavy atom. The Morgan fingerprint density at radius 3 is 2.29 bits per heavy atom. The number of alkyl halides is 3. The molecular formula is C12H21F3N2. The third kappa shape index (κ3) is 8.77. The molecule has 17 heavy (non-hydrogen) atoms. The van der Waals surface area contributed by atoms with Gasteiger partial charge in [0.2, 0.25) is 0 Å². The molecule has 0 aliphatic rings. The fourth-order valence-corrected chi connectivity index (χ4v) is 1.37. The molecule has 0 amide bonds. The minimum absolute atomic E-state index is 0.212. The van der Waals surface area contributed by atoms with E-state index in [-0.39, 0.29) is 6.42 Å². The molecule has 0 bridgehead atoms. The Balaban J connectivity index is 0.00000121. The molecule has 1 rings (SSSR count). The van der Waals surface area contributed by atoms with Crippen molar-refractivity contribution < 1.29 is 13.2 Å². The van der Waals surface area contributed by atoms with E-state index < -0.39 is 12.6 Å². The van der Waals surface area contributed by atoms with Gasteiger partial charge in [0.25, 0.3) is 0 Å². The van der Waals surface area contributed by atoms with Gasteiger partial charge in [0.1, 0.15) is 0 Å². The molecule has 100 valence electrons. The lowest BCUT2D eigenvalue weighted by Crippen LogP contribution is -2.06. The van der Waals surface area contributed by atoms with Crippen LogP contribution in [0.1, 0.15) is 45.1 Å². The smallest absolute Gasteiger partial charge is 0.272 e. The average Bonchev–Trinajstić information content (AvgIpc) is 2.65. The SMILES string of the molecule is CC.Cc1cnn(CCCCCC(F)(F)F)c1. The summed E-state index contributed by atoms with van der Waals surface area (Å²) in [5.41, 5.74) is 1.07. The molecule has 0 aliphatic carbocycles. The Kier molecular flexibility index (Phi) is 7.66. The van der Waals surface area contributed by atoms with Crippen molar-refractivity contribution >= 4 is 0 Å². The first-order valence-corrected chi connectivity index (χ1v) is 6.03. The molecule has 0 aliphatic heterocycles. The summed E-state index contributed by atoms with van der Waals surface area (Å²) >= 11 is 0. The Morgan fingerprint density at radius 2 is 1.82 bits per heavy atom. The summed E-state index contributed by atoms with van der Waals surface area (Å²) in [6.45, 7) is 6.64. The largest absolute Gasteiger partial charge is 0.389 e. The molecule has 0 saturated carbocycles. The second kappa shape index (κ2) is 8.14. The monoisotopic (exact) mass is 250 g/mol. The lowest BCUT2D eigenvalue weighted by atomic mass is 10.2. The first-order valence-electron chi connectivity index (χ1n) is 6.03. The molecule has 0 radical (unpaired) electrons. The molecule has 1 heterocycles. The number of rotatable bonds is 5. The van der Waals surface area contributed by atoms with Gasteiger partial charge in [-0.25, -0.2) is 0 Å². The van der Waals surface area contributed by atoms with Crippen molar-refractivity contribution in [1.29, 1.82) is 0 Å². The Bertz CT molecular complexity index is 292. The summed E-state index contributed by atoms with van der Waals surface area (Å²) in [6, 6.07) is 0. The predicted octanol–water partition coefficient (Wildman–Crippen LogP) is 4.34. The maximum absolute atomic E-state index is 11.8. The van der Waals surface area contributed by atoms with Crippen molar-refractivity contribution in [2.45, 2.75) is 59.2 Å². The zero-order valence-corrected chi connectivity index (χ0v) is 10.7. The Hall–Kier alpha value is -1.00. The van der Waals surface area contributed by atoms with Crippen LogP contribution in [0.3, 0.4) is 0 Å². The van der Waals surface area contributed by atoms with Crippen LogP contribution in [0, 0.1) is 6.92 Å². The van der Waals surface area contributed by atoms with E-state index in [1.807, 2.05) is 27.0 Å². The van der Waals surface area contributed by atoms with Gasteiger partial charge >= 0.3 is 6.18 Å². The summed E-state index contributed by atoms with van der Waals surface area (Å²) in [7, 11) is 0. The highest BCUT2D eigenvalue weighted by molar-refractivity contribution is 4.99. The molecule has 0 saturated heterocycles. The zero-order valence-electron chi connectivity index (χ0n) is 10.7. The molecule has 1 aromatic heterocycles. The van der Waals surface area contributed by atoms with E-state index in [4.69, 9.17) is 0 Å². The summed E-state index contributed by atoms with van der Waals surface area (Å²) in [4.78, 5) is 0. The summed E-state index contributed by atoms with van der Waals surface area (Å²) in [6.07, 6.45) is 0.506. The highest BCUT2D eigenvalue weighted by atomic mass is 19.4. The van der Waals surface area contributed by atoms with Crippen LogP contribution in [0.2, 0.25) is 0 Å². The van der Waals surface area contributed by atoms with Gasteiger partial charge in [0.15, 0.2) is 0 Å². The van der Waals surface area contributed by atoms with Gasteiger partial charge in [-0.3, -0.25) is 4.68 Å². The topological polar surface area (TPSA) is 17.8 Å². The molecule has 0 fully saturated rings. The second-order valence-corrected chi connectivity index (χ2v) is 3.71. The molecule has 0 spiro atoms. The van der Waals surface area contributed by atoms with Crippen LogP contribution in [0.25, 0.3) is 0 Å². The number of aryl methyl sites for hydroxylation is 2. The molecule has 0 N–H and O–H groups in total. The van der Waals surface area contributed by atoms with Crippen molar-refractivity contribution in [3.63, 3.8) is 0 Å². The fourth-order valence-electron chi connectivity index (χ4n) is 1.37. The van der Waals surface area contributed by atoms with Crippen LogP contribution in [-0.2, 0) is 6.54 Å². The lowest BCUT2D eigenvalue weighted by molar-refractivity contribution is -0.135. The molecule has 0 aromatic carbocycles. The normalized spacial score (nSPS) is 10.9. The van der Waals surface area contributed by atoms with Gasteiger partial charge in [-0.15, -0.1) is 0 Å². The number of nitrogens with zero attached hydrogens (tertiary/aromatic N) is 2. The lowest BCUT2D eigenvalue weighted by Gasteiger charge is -2.05. The highest BCUT2D eigenvalue weighted by Crippen LogP contribution is 2.22. The van der Waals surface area contributed by atoms with E-state index in [0.29, 0.717) is 13.0 Å². The van der Waals surface area contributed by atoms with Crippen LogP contribution < -0.4 is 0 Å². The van der Waals surface area contributed by atoms with Gasteiger partial charge in [-0.05, 0) is 25.3 Å². The third-order valence-electron chi connectivity index (χ3n) is 2.11. The van der Waals surface area contributed by atoms with E-state index in [1.165, 1.54) is 0 Å². The van der Waals surface area contributed by atoms with Gasteiger partial charge in [-0.1, -0.05) is 20.3 Å². The van der Waals surface area contributed by atoms with Gasteiger partial charge in [0.05, 0.1) is 6.20 Å². The Labute approximate surface area is 101 Å². The highest BCUT2D eigenvalue weighted by Gasteiger charge is 2.25. The molecule has 2 nitrogen and oxygen atoms in total. The number of hydrogen-bond donors (Lipinski definition) is 0. The van der Waals surface area contributed by atoms with Gasteiger partial charge in [-0.2, -0.15) is 18.3 Å². The maximum atomic E-state index is 11.8. The fraction of sp³-hybridized carbons (Fsp3) is 0.750. The summed E-state index contributed by atoms with van der Waals surface area (Å²) in [5, 5.41) is 4.06. The minimum Gasteiger partial charge on any atom is -0.272 e. The zero-order chi connectivity index (χ0) is 13.3. The van der Waals surface area contributed by atoms with E-state index >= 15 is 0 Å². The van der Waals surface area contributed by atoms with Gasteiger partial charge in [0, 0.05) is 19.2 Å². The van der Waals surface area contributed by atoms with E-state index in [2.05, 4.69) is 5.10 Å². The van der Waals surface area contributed by atoms with Crippen molar-refractivity contribution in [1.82, 2.24) is 9.78 Å². The predicted molar refractivity (Wildman–Crippen MR) is 62.8 cm³/mol. The third-order valence-corrected chi connectivity index (χ3v) is 2.11. The molecule has 1 aromatic rings. The van der Waals surface area contributed by atoms with Crippen molar-refractivity contribution in [3.8, 4) is 0 Å². The number of unbranched alkanes of at least 4 members (excludes halogenated alkanes) is 2. The first-order chi connectivity index (χ1) is 7.97. The van der Waals surface area contributed by atoms with Crippen LogP contribution in [0.5, 0.6) is 0 Å². The number of aromatic nitrogens is 2. The van der Waals surface area contributed by atoms with E-state index in [1.54, 1.807) is 10.9 Å². The average molecular weight is 250 g/mol. The minimum atomic E-state index is -4.01. The standard InChI is InChI=1S/C10H15F3N2.C2H6/c1-9-7-14-15(8-9)6-4-2-3-5-10(11,12)13;1-2/h7-8H,2-6H2,1H3;1-2H3. The quantitative estimate of drug-likeness (QED) is 0.711. The van der Waals surface area contributed by atoms with Crippen molar-refractivity contribution in [2.24, 2.45) is 0 Å². The number of hydrogen-bond acceptors (Lipinski definition) is 1. The number of halogens is 3. The van der Waals surface area contributed by atoms with Crippen molar-refractivity contribution in [2.75, 3.05) is 0 Å². The maximum Gasteiger partial charge on any atom is 0.389 e. The van der Waals surface area contributed by atoms with Crippen LogP contribution in [0.4, 0.5) is 13.2 Å². The van der Waals surface area contributed by atoms with Crippen molar-refractivity contribution in [3.05, 3.63) is 18.0 Å². The first kappa shape index (κ1) is 16.0. The van der Waals surface area contributed by atoms with E-state index in [9.17, 15) is 13.2 Å². The van der Waals surface area contributed by atoms with Crippen LogP contribution in [-0.4, -0.2) is 16.0 Å². The second-order valence-electron chi connectivity index (χ2n) is 3.71. The summed E-state index contributed by atoms with van der Waals surface area (Å²) < 4.78 is 37.1. The molecule has 5 heteroatoms. The molecule has 0 atom stereocenters. The molecular weight excluding hydrogens is 229 g/mol. The van der Waals surface area contributed by atoms with E-state index in [0.717, 1.165) is 12.0 Å².